The fourth-order valence-corrected chi connectivity index (χ4v) is 2.67. The predicted octanol–water partition coefficient (Wildman–Crippen LogP) is 2.61. The number of hydrogen-bond donors (Lipinski definition) is 2. The fourth-order valence-electron chi connectivity index (χ4n) is 2.67. The molecule has 0 aliphatic heterocycles. The van der Waals surface area contributed by atoms with Crippen LogP contribution in [0.3, 0.4) is 0 Å². The van der Waals surface area contributed by atoms with Crippen molar-refractivity contribution in [2.45, 2.75) is 50.6 Å². The number of benzene rings is 1. The van der Waals surface area contributed by atoms with Crippen LogP contribution < -0.4 is 10.1 Å². The maximum absolute atomic E-state index is 11.3. The van der Waals surface area contributed by atoms with Gasteiger partial charge in [0.05, 0.1) is 7.11 Å². The molecule has 1 aliphatic carbocycles. The first-order valence-corrected chi connectivity index (χ1v) is 7.20. The number of hydrogen-bond acceptors (Lipinski definition) is 3. The normalized spacial score (nSPS) is 18.1. The summed E-state index contributed by atoms with van der Waals surface area (Å²) in [6, 6.07) is 8.23. The zero-order valence-electron chi connectivity index (χ0n) is 12.2. The van der Waals surface area contributed by atoms with Crippen molar-refractivity contribution >= 4 is 5.97 Å². The maximum Gasteiger partial charge on any atom is 0.323 e. The van der Waals surface area contributed by atoms with Gasteiger partial charge in [-0.3, -0.25) is 10.1 Å². The highest BCUT2D eigenvalue weighted by Gasteiger charge is 2.44. The summed E-state index contributed by atoms with van der Waals surface area (Å²) in [6.07, 6.45) is 4.37. The summed E-state index contributed by atoms with van der Waals surface area (Å²) in [5.41, 5.74) is 0.580. The lowest BCUT2D eigenvalue weighted by Crippen LogP contribution is -2.59. The number of ether oxygens (including phenoxy) is 1. The van der Waals surface area contributed by atoms with Crippen LogP contribution >= 0.6 is 0 Å². The molecule has 1 aliphatic rings. The van der Waals surface area contributed by atoms with Crippen LogP contribution in [-0.4, -0.2) is 29.8 Å². The second kappa shape index (κ2) is 6.27. The quantitative estimate of drug-likeness (QED) is 0.804. The fraction of sp³-hybridized carbons (Fsp3) is 0.562. The Kier molecular flexibility index (Phi) is 4.65. The first-order valence-electron chi connectivity index (χ1n) is 7.20. The number of rotatable bonds is 7. The van der Waals surface area contributed by atoms with Gasteiger partial charge < -0.3 is 9.84 Å². The van der Waals surface area contributed by atoms with E-state index < -0.39 is 11.5 Å². The minimum atomic E-state index is -0.708. The Morgan fingerprint density at radius 2 is 2.05 bits per heavy atom. The lowest BCUT2D eigenvalue weighted by molar-refractivity contribution is -0.149. The Balaban J connectivity index is 1.82. The molecule has 1 atom stereocenters. The van der Waals surface area contributed by atoms with Crippen molar-refractivity contribution in [3.8, 4) is 5.75 Å². The smallest absolute Gasteiger partial charge is 0.323 e. The van der Waals surface area contributed by atoms with Crippen molar-refractivity contribution in [3.05, 3.63) is 29.8 Å². The zero-order valence-corrected chi connectivity index (χ0v) is 12.2. The summed E-state index contributed by atoms with van der Waals surface area (Å²) in [6.45, 7) is 2.06. The van der Waals surface area contributed by atoms with Gasteiger partial charge in [0.25, 0.3) is 0 Å². The number of methoxy groups -OCH3 is 1. The lowest BCUT2D eigenvalue weighted by atomic mass is 9.76. The topological polar surface area (TPSA) is 58.6 Å². The standard InChI is InChI=1S/C16H23NO3/c1-12(17-16(15(18)19)10-3-11-16)4-5-13-6-8-14(20-2)9-7-13/h6-9,12,17H,3-5,10-11H2,1-2H3,(H,18,19)/t12-/m0/s1. The number of carboxylic acid groups (broad SMARTS) is 1. The molecule has 0 amide bonds. The Morgan fingerprint density at radius 3 is 2.50 bits per heavy atom. The molecule has 2 N–H and O–H groups in total. The van der Waals surface area contributed by atoms with E-state index in [0.29, 0.717) is 0 Å². The van der Waals surface area contributed by atoms with Crippen LogP contribution in [0.2, 0.25) is 0 Å². The summed E-state index contributed by atoms with van der Waals surface area (Å²) in [5.74, 6) is 0.152. The van der Waals surface area contributed by atoms with Crippen molar-refractivity contribution in [2.24, 2.45) is 0 Å². The Bertz CT molecular complexity index is 451. The molecule has 0 spiro atoms. The molecular formula is C16H23NO3. The van der Waals surface area contributed by atoms with Crippen LogP contribution in [0.15, 0.2) is 24.3 Å². The molecular weight excluding hydrogens is 254 g/mol. The van der Waals surface area contributed by atoms with Crippen LogP contribution in [0, 0.1) is 0 Å². The van der Waals surface area contributed by atoms with E-state index in [2.05, 4.69) is 24.4 Å². The third-order valence-corrected chi connectivity index (χ3v) is 4.16. The molecule has 2 rings (SSSR count). The average Bonchev–Trinajstić information content (AvgIpc) is 2.40. The minimum absolute atomic E-state index is 0.202. The Hall–Kier alpha value is -1.55. The lowest BCUT2D eigenvalue weighted by Gasteiger charge is -2.40. The molecule has 1 fully saturated rings. The highest BCUT2D eigenvalue weighted by Crippen LogP contribution is 2.32. The average molecular weight is 277 g/mol. The molecule has 4 nitrogen and oxygen atoms in total. The summed E-state index contributed by atoms with van der Waals surface area (Å²) >= 11 is 0. The molecule has 0 unspecified atom stereocenters. The van der Waals surface area contributed by atoms with E-state index >= 15 is 0 Å². The van der Waals surface area contributed by atoms with Crippen LogP contribution in [0.1, 0.15) is 38.2 Å². The molecule has 1 saturated carbocycles. The number of carbonyl (C=O) groups is 1. The van der Waals surface area contributed by atoms with Gasteiger partial charge in [-0.25, -0.2) is 0 Å². The summed E-state index contributed by atoms with van der Waals surface area (Å²) in [5, 5.41) is 12.6. The zero-order chi connectivity index (χ0) is 14.6. The van der Waals surface area contributed by atoms with Gasteiger partial charge in [-0.2, -0.15) is 0 Å². The predicted molar refractivity (Wildman–Crippen MR) is 78.1 cm³/mol. The molecule has 1 aromatic carbocycles. The Labute approximate surface area is 120 Å². The van der Waals surface area contributed by atoms with Crippen molar-refractivity contribution < 1.29 is 14.6 Å². The van der Waals surface area contributed by atoms with Gasteiger partial charge in [0, 0.05) is 6.04 Å². The second-order valence-corrected chi connectivity index (χ2v) is 5.67. The monoisotopic (exact) mass is 277 g/mol. The molecule has 0 saturated heterocycles. The van der Waals surface area contributed by atoms with Crippen LogP contribution in [0.5, 0.6) is 5.75 Å². The van der Waals surface area contributed by atoms with Gasteiger partial charge in [0.2, 0.25) is 0 Å². The molecule has 4 heteroatoms. The van der Waals surface area contributed by atoms with E-state index in [1.807, 2.05) is 12.1 Å². The molecule has 0 aromatic heterocycles. The van der Waals surface area contributed by atoms with E-state index in [0.717, 1.165) is 37.9 Å². The molecule has 1 aromatic rings. The molecule has 0 radical (unpaired) electrons. The third kappa shape index (κ3) is 3.31. The van der Waals surface area contributed by atoms with Crippen molar-refractivity contribution in [1.82, 2.24) is 5.32 Å². The van der Waals surface area contributed by atoms with Crippen molar-refractivity contribution in [1.29, 1.82) is 0 Å². The van der Waals surface area contributed by atoms with Crippen LogP contribution in [-0.2, 0) is 11.2 Å². The maximum atomic E-state index is 11.3. The number of nitrogens with one attached hydrogen (secondary N) is 1. The van der Waals surface area contributed by atoms with E-state index in [4.69, 9.17) is 4.74 Å². The van der Waals surface area contributed by atoms with Crippen molar-refractivity contribution in [2.75, 3.05) is 7.11 Å². The van der Waals surface area contributed by atoms with Gasteiger partial charge in [0.15, 0.2) is 0 Å². The van der Waals surface area contributed by atoms with E-state index in [1.54, 1.807) is 7.11 Å². The van der Waals surface area contributed by atoms with Gasteiger partial charge >= 0.3 is 5.97 Å². The minimum Gasteiger partial charge on any atom is -0.497 e. The number of aliphatic carboxylic acids is 1. The Morgan fingerprint density at radius 1 is 1.40 bits per heavy atom. The van der Waals surface area contributed by atoms with E-state index in [-0.39, 0.29) is 6.04 Å². The van der Waals surface area contributed by atoms with Gasteiger partial charge in [0.1, 0.15) is 11.3 Å². The van der Waals surface area contributed by atoms with Gasteiger partial charge in [-0.15, -0.1) is 0 Å². The largest absolute Gasteiger partial charge is 0.497 e. The summed E-state index contributed by atoms with van der Waals surface area (Å²) in [7, 11) is 1.66. The highest BCUT2D eigenvalue weighted by atomic mass is 16.5. The van der Waals surface area contributed by atoms with Gasteiger partial charge in [-0.1, -0.05) is 12.1 Å². The highest BCUT2D eigenvalue weighted by molar-refractivity contribution is 5.80. The van der Waals surface area contributed by atoms with E-state index in [1.165, 1.54) is 5.56 Å². The summed E-state index contributed by atoms with van der Waals surface area (Å²) in [4.78, 5) is 11.3. The molecule has 110 valence electrons. The van der Waals surface area contributed by atoms with Crippen molar-refractivity contribution in [3.63, 3.8) is 0 Å². The first kappa shape index (κ1) is 14.9. The molecule has 0 bridgehead atoms. The third-order valence-electron chi connectivity index (χ3n) is 4.16. The SMILES string of the molecule is COc1ccc(CC[C@H](C)NC2(C(=O)O)CCC2)cc1. The van der Waals surface area contributed by atoms with Crippen LogP contribution in [0.4, 0.5) is 0 Å². The molecule has 20 heavy (non-hydrogen) atoms. The van der Waals surface area contributed by atoms with Gasteiger partial charge in [-0.05, 0) is 56.7 Å². The number of aryl methyl sites for hydroxylation is 1. The number of carboxylic acids is 1. The van der Waals surface area contributed by atoms with E-state index in [9.17, 15) is 9.90 Å². The summed E-state index contributed by atoms with van der Waals surface area (Å²) < 4.78 is 5.13. The molecule has 0 heterocycles. The second-order valence-electron chi connectivity index (χ2n) is 5.67. The van der Waals surface area contributed by atoms with Crippen LogP contribution in [0.25, 0.3) is 0 Å². The first-order chi connectivity index (χ1) is 9.55.